The first kappa shape index (κ1) is 13.5. The van der Waals surface area contributed by atoms with Crippen LogP contribution in [0.3, 0.4) is 0 Å². The number of H-pyrrole nitrogens is 1. The number of nitrogens with zero attached hydrogens (tertiary/aromatic N) is 6. The third-order valence-electron chi connectivity index (χ3n) is 4.76. The number of piperidine rings is 1. The highest BCUT2D eigenvalue weighted by molar-refractivity contribution is 5.80. The number of tetrazole rings is 1. The maximum absolute atomic E-state index is 4.58. The van der Waals surface area contributed by atoms with Gasteiger partial charge in [-0.3, -0.25) is 0 Å². The van der Waals surface area contributed by atoms with Crippen LogP contribution in [0.4, 0.5) is 5.82 Å². The first-order valence-electron chi connectivity index (χ1n) is 8.28. The Morgan fingerprint density at radius 1 is 1.08 bits per heavy atom. The molecule has 1 fully saturated rings. The predicted octanol–water partition coefficient (Wildman–Crippen LogP) is 2.73. The minimum Gasteiger partial charge on any atom is -0.357 e. The Morgan fingerprint density at radius 3 is 3.00 bits per heavy atom. The fourth-order valence-electron chi connectivity index (χ4n) is 3.60. The first-order chi connectivity index (χ1) is 11.9. The lowest BCUT2D eigenvalue weighted by Gasteiger charge is -2.36. The van der Waals surface area contributed by atoms with Gasteiger partial charge in [0.2, 0.25) is 0 Å². The van der Waals surface area contributed by atoms with Crippen LogP contribution in [0.5, 0.6) is 0 Å². The van der Waals surface area contributed by atoms with E-state index < -0.39 is 0 Å². The lowest BCUT2D eigenvalue weighted by atomic mass is 9.99. The Morgan fingerprint density at radius 2 is 2.04 bits per heavy atom. The highest BCUT2D eigenvalue weighted by Gasteiger charge is 2.27. The van der Waals surface area contributed by atoms with Crippen LogP contribution in [0.25, 0.3) is 16.6 Å². The summed E-state index contributed by atoms with van der Waals surface area (Å²) in [6.07, 6.45) is 3.51. The summed E-state index contributed by atoms with van der Waals surface area (Å²) >= 11 is 0. The summed E-state index contributed by atoms with van der Waals surface area (Å²) in [7, 11) is 0. The normalized spacial score (nSPS) is 18.5. The molecular weight excluding hydrogens is 302 g/mol. The summed E-state index contributed by atoms with van der Waals surface area (Å²) < 4.78 is 1.49. The Hall–Kier alpha value is -2.96. The molecule has 0 aliphatic carbocycles. The number of anilines is 1. The van der Waals surface area contributed by atoms with Crippen LogP contribution >= 0.6 is 0 Å². The van der Waals surface area contributed by atoms with Crippen molar-refractivity contribution < 1.29 is 0 Å². The van der Waals surface area contributed by atoms with Gasteiger partial charge < -0.3 is 9.88 Å². The van der Waals surface area contributed by atoms with E-state index in [1.54, 1.807) is 0 Å². The van der Waals surface area contributed by atoms with Gasteiger partial charge in [-0.05, 0) is 59.3 Å². The molecule has 0 saturated carbocycles. The molecule has 1 N–H and O–H groups in total. The van der Waals surface area contributed by atoms with Crippen molar-refractivity contribution in [1.82, 2.24) is 30.2 Å². The number of para-hydroxylation sites is 1. The Balaban J connectivity index is 1.57. The maximum Gasteiger partial charge on any atom is 0.200 e. The third-order valence-corrected chi connectivity index (χ3v) is 4.76. The fraction of sp³-hybridized carbons (Fsp3) is 0.294. The highest BCUT2D eigenvalue weighted by atomic mass is 15.6. The molecule has 4 heterocycles. The average Bonchev–Trinajstić information content (AvgIpc) is 3.27. The van der Waals surface area contributed by atoms with Crippen molar-refractivity contribution in [2.45, 2.75) is 25.3 Å². The summed E-state index contributed by atoms with van der Waals surface area (Å²) in [5.41, 5.74) is 3.09. The van der Waals surface area contributed by atoms with Crippen LogP contribution in [0, 0.1) is 0 Å². The van der Waals surface area contributed by atoms with Gasteiger partial charge in [0.05, 0.1) is 6.04 Å². The predicted molar refractivity (Wildman–Crippen MR) is 90.8 cm³/mol. The number of aromatic amines is 1. The number of hydrogen-bond donors (Lipinski definition) is 1. The van der Waals surface area contributed by atoms with Gasteiger partial charge in [0.15, 0.2) is 11.5 Å². The van der Waals surface area contributed by atoms with Crippen molar-refractivity contribution in [3.63, 3.8) is 0 Å². The van der Waals surface area contributed by atoms with E-state index in [4.69, 9.17) is 0 Å². The standard InChI is InChI=1S/C17H17N7/c1-2-6-13-12(5-1)11-14(18-13)15-7-3-4-10-23(15)17-9-8-16-19-21-22-24(16)20-17/h1-2,5-6,8-9,11,15,18H,3-4,7,10H2/t15-/m1/s1. The number of benzene rings is 1. The van der Waals surface area contributed by atoms with Crippen LogP contribution in [0.2, 0.25) is 0 Å². The first-order valence-corrected chi connectivity index (χ1v) is 8.28. The maximum atomic E-state index is 4.58. The second kappa shape index (κ2) is 5.30. The monoisotopic (exact) mass is 319 g/mol. The van der Waals surface area contributed by atoms with Crippen molar-refractivity contribution in [3.05, 3.63) is 48.2 Å². The highest BCUT2D eigenvalue weighted by Crippen LogP contribution is 2.34. The molecule has 0 unspecified atom stereocenters. The molecule has 7 heteroatoms. The van der Waals surface area contributed by atoms with Crippen LogP contribution in [-0.4, -0.2) is 36.8 Å². The van der Waals surface area contributed by atoms with E-state index in [-0.39, 0.29) is 0 Å². The smallest absolute Gasteiger partial charge is 0.200 e. The molecule has 24 heavy (non-hydrogen) atoms. The van der Waals surface area contributed by atoms with Crippen molar-refractivity contribution in [2.24, 2.45) is 0 Å². The van der Waals surface area contributed by atoms with Crippen LogP contribution in [-0.2, 0) is 0 Å². The summed E-state index contributed by atoms with van der Waals surface area (Å²) in [6, 6.07) is 14.9. The summed E-state index contributed by atoms with van der Waals surface area (Å²) in [5, 5.41) is 17.3. The molecule has 0 radical (unpaired) electrons. The zero-order chi connectivity index (χ0) is 15.9. The largest absolute Gasteiger partial charge is 0.357 e. The van der Waals surface area contributed by atoms with Crippen molar-refractivity contribution >= 4 is 22.4 Å². The van der Waals surface area contributed by atoms with Gasteiger partial charge in [0, 0.05) is 17.8 Å². The molecule has 1 aliphatic heterocycles. The zero-order valence-corrected chi connectivity index (χ0v) is 13.1. The lowest BCUT2D eigenvalue weighted by Crippen LogP contribution is -2.34. The molecule has 1 saturated heterocycles. The molecule has 0 amide bonds. The summed E-state index contributed by atoms with van der Waals surface area (Å²) in [5.74, 6) is 0.915. The van der Waals surface area contributed by atoms with Crippen molar-refractivity contribution in [3.8, 4) is 0 Å². The van der Waals surface area contributed by atoms with Crippen molar-refractivity contribution in [2.75, 3.05) is 11.4 Å². The Bertz CT molecular complexity index is 959. The molecular formula is C17H17N7. The molecule has 0 bridgehead atoms. The number of nitrogens with one attached hydrogen (secondary N) is 1. The molecule has 4 aromatic rings. The van der Waals surface area contributed by atoms with Gasteiger partial charge in [-0.15, -0.1) is 14.8 Å². The topological polar surface area (TPSA) is 75.0 Å². The van der Waals surface area contributed by atoms with E-state index in [1.807, 2.05) is 12.1 Å². The molecule has 1 aromatic carbocycles. The second-order valence-electron chi connectivity index (χ2n) is 6.23. The van der Waals surface area contributed by atoms with E-state index in [0.717, 1.165) is 18.8 Å². The SMILES string of the molecule is c1ccc2[nH]c([C@H]3CCCCN3c3ccc4nnnn4n3)cc2c1. The van der Waals surface area contributed by atoms with Crippen molar-refractivity contribution in [1.29, 1.82) is 0 Å². The molecule has 1 aliphatic rings. The minimum absolute atomic E-state index is 0.299. The van der Waals surface area contributed by atoms with Gasteiger partial charge in [-0.2, -0.15) is 0 Å². The van der Waals surface area contributed by atoms with Crippen LogP contribution in [0.15, 0.2) is 42.5 Å². The molecule has 0 spiro atoms. The van der Waals surface area contributed by atoms with Crippen LogP contribution in [0.1, 0.15) is 31.0 Å². The fourth-order valence-corrected chi connectivity index (χ4v) is 3.60. The van der Waals surface area contributed by atoms with Gasteiger partial charge in [0.25, 0.3) is 0 Å². The summed E-state index contributed by atoms with van der Waals surface area (Å²) in [6.45, 7) is 0.987. The van der Waals surface area contributed by atoms with Gasteiger partial charge in [-0.1, -0.05) is 18.2 Å². The minimum atomic E-state index is 0.299. The van der Waals surface area contributed by atoms with Gasteiger partial charge in [-0.25, -0.2) is 0 Å². The summed E-state index contributed by atoms with van der Waals surface area (Å²) in [4.78, 5) is 5.94. The zero-order valence-electron chi connectivity index (χ0n) is 13.1. The quantitative estimate of drug-likeness (QED) is 0.615. The van der Waals surface area contributed by atoms with Gasteiger partial charge in [0.1, 0.15) is 0 Å². The number of hydrogen-bond acceptors (Lipinski definition) is 5. The Labute approximate surface area is 138 Å². The molecule has 7 nitrogen and oxygen atoms in total. The van der Waals surface area contributed by atoms with Crippen LogP contribution < -0.4 is 4.90 Å². The molecule has 3 aromatic heterocycles. The van der Waals surface area contributed by atoms with E-state index in [2.05, 4.69) is 60.8 Å². The van der Waals surface area contributed by atoms with E-state index in [1.165, 1.54) is 34.1 Å². The molecule has 5 rings (SSSR count). The van der Waals surface area contributed by atoms with E-state index in [9.17, 15) is 0 Å². The number of aromatic nitrogens is 6. The van der Waals surface area contributed by atoms with E-state index in [0.29, 0.717) is 11.7 Å². The molecule has 120 valence electrons. The number of fused-ring (bicyclic) bond motifs is 2. The third kappa shape index (κ3) is 2.12. The Kier molecular flexibility index (Phi) is 2.97. The van der Waals surface area contributed by atoms with Gasteiger partial charge >= 0.3 is 0 Å². The number of rotatable bonds is 2. The molecule has 1 atom stereocenters. The van der Waals surface area contributed by atoms with E-state index >= 15 is 0 Å². The second-order valence-corrected chi connectivity index (χ2v) is 6.23. The lowest BCUT2D eigenvalue weighted by molar-refractivity contribution is 0.460. The average molecular weight is 319 g/mol.